The van der Waals surface area contributed by atoms with Crippen molar-refractivity contribution >= 4 is 5.95 Å². The van der Waals surface area contributed by atoms with Crippen LogP contribution in [0, 0.1) is 5.92 Å². The van der Waals surface area contributed by atoms with Gasteiger partial charge >= 0.3 is 0 Å². The Kier molecular flexibility index (Phi) is 3.45. The van der Waals surface area contributed by atoms with Gasteiger partial charge in [0.15, 0.2) is 0 Å². The molecular formula is C16H19N3. The van der Waals surface area contributed by atoms with Gasteiger partial charge in [-0.2, -0.15) is 0 Å². The number of nitrogens with zero attached hydrogens (tertiary/aromatic N) is 2. The lowest BCUT2D eigenvalue weighted by molar-refractivity contribution is 0.461. The first kappa shape index (κ1) is 12.2. The van der Waals surface area contributed by atoms with Gasteiger partial charge in [0.25, 0.3) is 0 Å². The minimum absolute atomic E-state index is 0.307. The van der Waals surface area contributed by atoms with E-state index in [4.69, 9.17) is 0 Å². The first-order chi connectivity index (χ1) is 9.34. The molecule has 0 spiro atoms. The second-order valence-electron chi connectivity index (χ2n) is 5.26. The number of hydrogen-bond donors (Lipinski definition) is 1. The molecule has 3 heteroatoms. The molecule has 1 N–H and O–H groups in total. The first-order valence-corrected chi connectivity index (χ1v) is 6.96. The van der Waals surface area contributed by atoms with Gasteiger partial charge in [-0.25, -0.2) is 9.97 Å². The summed E-state index contributed by atoms with van der Waals surface area (Å²) in [5, 5.41) is 3.50. The summed E-state index contributed by atoms with van der Waals surface area (Å²) in [6.07, 6.45) is 7.23. The van der Waals surface area contributed by atoms with Gasteiger partial charge in [-0.05, 0) is 42.4 Å². The van der Waals surface area contributed by atoms with Crippen LogP contribution in [0.5, 0.6) is 0 Å². The van der Waals surface area contributed by atoms with Crippen LogP contribution in [0.3, 0.4) is 0 Å². The van der Waals surface area contributed by atoms with Crippen molar-refractivity contribution in [2.24, 2.45) is 5.92 Å². The van der Waals surface area contributed by atoms with Gasteiger partial charge < -0.3 is 5.32 Å². The molecule has 2 aromatic rings. The molecular weight excluding hydrogens is 234 g/mol. The highest BCUT2D eigenvalue weighted by Crippen LogP contribution is 2.34. The maximum Gasteiger partial charge on any atom is 0.223 e. The van der Waals surface area contributed by atoms with Crippen molar-refractivity contribution in [1.29, 1.82) is 0 Å². The van der Waals surface area contributed by atoms with Crippen LogP contribution in [0.4, 0.5) is 5.95 Å². The van der Waals surface area contributed by atoms with Crippen LogP contribution in [0.15, 0.2) is 42.7 Å². The van der Waals surface area contributed by atoms with E-state index in [0.29, 0.717) is 12.0 Å². The van der Waals surface area contributed by atoms with Crippen molar-refractivity contribution in [3.8, 4) is 0 Å². The number of benzene rings is 1. The standard InChI is InChI=1S/C16H19N3/c1-12-6-4-8-13-7-2-3-9-14(13)15(12)19-16-17-10-5-11-18-16/h2-3,5,7,9-12,15H,4,6,8H2,1H3,(H,17,18,19)/t12-,15+/m0/s1. The molecule has 0 saturated carbocycles. The van der Waals surface area contributed by atoms with Gasteiger partial charge in [0.05, 0.1) is 6.04 Å². The van der Waals surface area contributed by atoms with Crippen LogP contribution in [0.1, 0.15) is 36.9 Å². The SMILES string of the molecule is C[C@H]1CCCc2ccccc2[C@@H]1Nc1ncccn1. The molecule has 1 aromatic heterocycles. The van der Waals surface area contributed by atoms with E-state index in [-0.39, 0.29) is 0 Å². The molecule has 98 valence electrons. The quantitative estimate of drug-likeness (QED) is 0.831. The second kappa shape index (κ2) is 5.39. The summed E-state index contributed by atoms with van der Waals surface area (Å²) in [6.45, 7) is 2.31. The van der Waals surface area contributed by atoms with E-state index in [1.165, 1.54) is 30.4 Å². The summed E-state index contributed by atoms with van der Waals surface area (Å²) in [4.78, 5) is 8.58. The van der Waals surface area contributed by atoms with E-state index >= 15 is 0 Å². The van der Waals surface area contributed by atoms with Crippen molar-refractivity contribution in [2.45, 2.75) is 32.2 Å². The molecule has 1 aromatic carbocycles. The van der Waals surface area contributed by atoms with Crippen LogP contribution in [-0.2, 0) is 6.42 Å². The van der Waals surface area contributed by atoms with Gasteiger partial charge in [-0.15, -0.1) is 0 Å². The molecule has 0 amide bonds. The Hall–Kier alpha value is -1.90. The van der Waals surface area contributed by atoms with E-state index in [9.17, 15) is 0 Å². The average molecular weight is 253 g/mol. The largest absolute Gasteiger partial charge is 0.347 e. The van der Waals surface area contributed by atoms with Crippen LogP contribution < -0.4 is 5.32 Å². The molecule has 1 aliphatic carbocycles. The lowest BCUT2D eigenvalue weighted by Gasteiger charge is -2.24. The Morgan fingerprint density at radius 2 is 1.89 bits per heavy atom. The molecule has 0 radical (unpaired) electrons. The fourth-order valence-electron chi connectivity index (χ4n) is 2.89. The Labute approximate surface area is 114 Å². The maximum absolute atomic E-state index is 4.29. The number of anilines is 1. The molecule has 1 aliphatic rings. The van der Waals surface area contributed by atoms with Crippen molar-refractivity contribution < 1.29 is 0 Å². The predicted molar refractivity (Wildman–Crippen MR) is 76.9 cm³/mol. The maximum atomic E-state index is 4.29. The van der Waals surface area contributed by atoms with Crippen LogP contribution in [-0.4, -0.2) is 9.97 Å². The lowest BCUT2D eigenvalue weighted by atomic mass is 9.92. The highest BCUT2D eigenvalue weighted by Gasteiger charge is 2.24. The molecule has 0 aliphatic heterocycles. The van der Waals surface area contributed by atoms with Gasteiger partial charge in [0.2, 0.25) is 5.95 Å². The number of aromatic nitrogens is 2. The fraction of sp³-hybridized carbons (Fsp3) is 0.375. The summed E-state index contributed by atoms with van der Waals surface area (Å²) in [7, 11) is 0. The van der Waals surface area contributed by atoms with E-state index in [2.05, 4.69) is 46.5 Å². The van der Waals surface area contributed by atoms with Crippen LogP contribution >= 0.6 is 0 Å². The molecule has 3 nitrogen and oxygen atoms in total. The summed E-state index contributed by atoms with van der Waals surface area (Å²) < 4.78 is 0. The van der Waals surface area contributed by atoms with Gasteiger partial charge in [0.1, 0.15) is 0 Å². The summed E-state index contributed by atoms with van der Waals surface area (Å²) in [5.41, 5.74) is 2.86. The minimum Gasteiger partial charge on any atom is -0.347 e. The Bertz CT molecular complexity index is 539. The normalized spacial score (nSPS) is 22.4. The number of rotatable bonds is 2. The summed E-state index contributed by atoms with van der Waals surface area (Å²) >= 11 is 0. The van der Waals surface area contributed by atoms with E-state index in [0.717, 1.165) is 5.95 Å². The van der Waals surface area contributed by atoms with Crippen LogP contribution in [0.25, 0.3) is 0 Å². The van der Waals surface area contributed by atoms with Crippen molar-refractivity contribution in [3.05, 3.63) is 53.9 Å². The molecule has 0 fully saturated rings. The molecule has 3 rings (SSSR count). The summed E-state index contributed by atoms with van der Waals surface area (Å²) in [6, 6.07) is 10.9. The average Bonchev–Trinajstić information content (AvgIpc) is 2.61. The number of aryl methyl sites for hydroxylation is 1. The Morgan fingerprint density at radius 1 is 1.11 bits per heavy atom. The van der Waals surface area contributed by atoms with E-state index < -0.39 is 0 Å². The second-order valence-corrected chi connectivity index (χ2v) is 5.26. The van der Waals surface area contributed by atoms with Crippen molar-refractivity contribution in [1.82, 2.24) is 9.97 Å². The first-order valence-electron chi connectivity index (χ1n) is 6.96. The fourth-order valence-corrected chi connectivity index (χ4v) is 2.89. The number of fused-ring (bicyclic) bond motifs is 1. The van der Waals surface area contributed by atoms with Gasteiger partial charge in [0, 0.05) is 12.4 Å². The third-order valence-corrected chi connectivity index (χ3v) is 3.92. The van der Waals surface area contributed by atoms with Gasteiger partial charge in [-0.1, -0.05) is 31.2 Å². The van der Waals surface area contributed by atoms with E-state index in [1.54, 1.807) is 12.4 Å². The zero-order chi connectivity index (χ0) is 13.1. The third-order valence-electron chi connectivity index (χ3n) is 3.92. The minimum atomic E-state index is 0.307. The molecule has 2 atom stereocenters. The highest BCUT2D eigenvalue weighted by atomic mass is 15.1. The molecule has 0 saturated heterocycles. The highest BCUT2D eigenvalue weighted by molar-refractivity contribution is 5.38. The molecule has 1 heterocycles. The smallest absolute Gasteiger partial charge is 0.223 e. The zero-order valence-electron chi connectivity index (χ0n) is 11.2. The Balaban J connectivity index is 1.93. The molecule has 0 unspecified atom stereocenters. The Morgan fingerprint density at radius 3 is 2.74 bits per heavy atom. The third kappa shape index (κ3) is 2.60. The zero-order valence-corrected chi connectivity index (χ0v) is 11.2. The van der Waals surface area contributed by atoms with Crippen molar-refractivity contribution in [2.75, 3.05) is 5.32 Å². The molecule has 19 heavy (non-hydrogen) atoms. The van der Waals surface area contributed by atoms with Gasteiger partial charge in [-0.3, -0.25) is 0 Å². The monoisotopic (exact) mass is 253 g/mol. The van der Waals surface area contributed by atoms with E-state index in [1.807, 2.05) is 6.07 Å². The summed E-state index contributed by atoms with van der Waals surface area (Å²) in [5.74, 6) is 1.31. The number of hydrogen-bond acceptors (Lipinski definition) is 3. The number of nitrogens with one attached hydrogen (secondary N) is 1. The van der Waals surface area contributed by atoms with Crippen molar-refractivity contribution in [3.63, 3.8) is 0 Å². The van der Waals surface area contributed by atoms with Crippen LogP contribution in [0.2, 0.25) is 0 Å². The lowest BCUT2D eigenvalue weighted by Crippen LogP contribution is -2.19. The molecule has 0 bridgehead atoms. The topological polar surface area (TPSA) is 37.8 Å². The predicted octanol–water partition coefficient (Wildman–Crippen LogP) is 3.60.